The van der Waals surface area contributed by atoms with Crippen LogP contribution in [0.3, 0.4) is 0 Å². The van der Waals surface area contributed by atoms with Gasteiger partial charge >= 0.3 is 12.0 Å². The first kappa shape index (κ1) is 13.3. The van der Waals surface area contributed by atoms with Crippen LogP contribution in [0.1, 0.15) is 19.0 Å². The second kappa shape index (κ2) is 4.87. The molecule has 102 valence electrons. The molecule has 1 aliphatic rings. The number of nitrogens with zero attached hydrogens (tertiary/aromatic N) is 2. The number of carbonyl (C=O) groups is 2. The molecule has 2 heterocycles. The molecule has 2 amide bonds. The van der Waals surface area contributed by atoms with Crippen molar-refractivity contribution < 1.29 is 14.7 Å². The predicted octanol–water partition coefficient (Wildman–Crippen LogP) is 1.72. The summed E-state index contributed by atoms with van der Waals surface area (Å²) < 4.78 is 0. The summed E-state index contributed by atoms with van der Waals surface area (Å²) in [5.74, 6) is -0.861. The number of pyridine rings is 1. The third-order valence-electron chi connectivity index (χ3n) is 3.53. The molecular weight excluding hydrogens is 246 g/mol. The zero-order chi connectivity index (χ0) is 14.0. The van der Waals surface area contributed by atoms with Crippen molar-refractivity contribution in [2.75, 3.05) is 18.4 Å². The molecule has 6 heteroatoms. The highest BCUT2D eigenvalue weighted by molar-refractivity contribution is 5.90. The normalized spacial score (nSPS) is 22.3. The van der Waals surface area contributed by atoms with Gasteiger partial charge in [-0.1, -0.05) is 0 Å². The average Bonchev–Trinajstić information content (AvgIpc) is 2.76. The molecule has 0 radical (unpaired) electrons. The van der Waals surface area contributed by atoms with E-state index < -0.39 is 11.4 Å². The summed E-state index contributed by atoms with van der Waals surface area (Å²) in [7, 11) is 0. The minimum absolute atomic E-state index is 0.230. The number of hydrogen-bond acceptors (Lipinski definition) is 3. The second-order valence-electron chi connectivity index (χ2n) is 5.10. The van der Waals surface area contributed by atoms with E-state index in [1.807, 2.05) is 0 Å². The predicted molar refractivity (Wildman–Crippen MR) is 69.9 cm³/mol. The first-order valence-corrected chi connectivity index (χ1v) is 6.13. The Labute approximate surface area is 111 Å². The maximum absolute atomic E-state index is 12.1. The van der Waals surface area contributed by atoms with Gasteiger partial charge in [-0.15, -0.1) is 0 Å². The van der Waals surface area contributed by atoms with E-state index in [1.54, 1.807) is 32.2 Å². The van der Waals surface area contributed by atoms with Gasteiger partial charge in [0, 0.05) is 19.3 Å². The minimum atomic E-state index is -0.861. The highest BCUT2D eigenvalue weighted by Gasteiger charge is 2.42. The number of urea groups is 1. The number of aromatic nitrogens is 1. The van der Waals surface area contributed by atoms with Crippen molar-refractivity contribution in [3.8, 4) is 0 Å². The van der Waals surface area contributed by atoms with Crippen LogP contribution in [0.5, 0.6) is 0 Å². The molecule has 0 bridgehead atoms. The number of hydrogen-bond donors (Lipinski definition) is 2. The molecule has 0 saturated carbocycles. The van der Waals surface area contributed by atoms with Gasteiger partial charge in [0.15, 0.2) is 0 Å². The van der Waals surface area contributed by atoms with Crippen LogP contribution in [0, 0.1) is 12.3 Å². The van der Waals surface area contributed by atoms with E-state index in [1.165, 1.54) is 4.90 Å². The molecule has 1 unspecified atom stereocenters. The topological polar surface area (TPSA) is 82.5 Å². The van der Waals surface area contributed by atoms with E-state index in [0.29, 0.717) is 18.7 Å². The van der Waals surface area contributed by atoms with Gasteiger partial charge in [0.1, 0.15) is 0 Å². The quantitative estimate of drug-likeness (QED) is 0.851. The number of nitrogens with one attached hydrogen (secondary N) is 1. The van der Waals surface area contributed by atoms with Crippen LogP contribution in [0.4, 0.5) is 10.5 Å². The molecule has 1 saturated heterocycles. The van der Waals surface area contributed by atoms with Crippen molar-refractivity contribution in [2.45, 2.75) is 20.3 Å². The molecule has 2 N–H and O–H groups in total. The fraction of sp³-hybridized carbons (Fsp3) is 0.462. The Morgan fingerprint density at radius 2 is 2.26 bits per heavy atom. The fourth-order valence-electron chi connectivity index (χ4n) is 2.12. The molecule has 1 aromatic heterocycles. The van der Waals surface area contributed by atoms with E-state index in [0.717, 1.165) is 5.69 Å². The number of aliphatic carboxylic acids is 1. The molecule has 0 aromatic carbocycles. The van der Waals surface area contributed by atoms with Crippen molar-refractivity contribution in [1.29, 1.82) is 0 Å². The number of carbonyl (C=O) groups excluding carboxylic acids is 1. The van der Waals surface area contributed by atoms with E-state index >= 15 is 0 Å². The first-order valence-electron chi connectivity index (χ1n) is 6.13. The van der Waals surface area contributed by atoms with Crippen molar-refractivity contribution in [1.82, 2.24) is 9.88 Å². The number of rotatable bonds is 2. The lowest BCUT2D eigenvalue weighted by Gasteiger charge is -2.20. The monoisotopic (exact) mass is 263 g/mol. The SMILES string of the molecule is Cc1ncccc1NC(=O)N1CCC(C)(C(=O)O)C1. The van der Waals surface area contributed by atoms with Gasteiger partial charge in [0.25, 0.3) is 0 Å². The third-order valence-corrected chi connectivity index (χ3v) is 3.53. The van der Waals surface area contributed by atoms with Gasteiger partial charge in [0.05, 0.1) is 16.8 Å². The average molecular weight is 263 g/mol. The molecule has 1 aliphatic heterocycles. The highest BCUT2D eigenvalue weighted by Crippen LogP contribution is 2.30. The molecule has 6 nitrogen and oxygen atoms in total. The Bertz CT molecular complexity index is 518. The van der Waals surface area contributed by atoms with Crippen molar-refractivity contribution >= 4 is 17.7 Å². The summed E-state index contributed by atoms with van der Waals surface area (Å²) in [5.41, 5.74) is 0.536. The van der Waals surface area contributed by atoms with Gasteiger partial charge < -0.3 is 15.3 Å². The zero-order valence-corrected chi connectivity index (χ0v) is 11.0. The van der Waals surface area contributed by atoms with Crippen molar-refractivity contribution in [3.63, 3.8) is 0 Å². The second-order valence-corrected chi connectivity index (χ2v) is 5.10. The molecule has 1 atom stereocenters. The molecule has 0 spiro atoms. The van der Waals surface area contributed by atoms with E-state index in [-0.39, 0.29) is 12.6 Å². The van der Waals surface area contributed by atoms with Crippen LogP contribution in [0.15, 0.2) is 18.3 Å². The Kier molecular flexibility index (Phi) is 3.42. The molecule has 0 aliphatic carbocycles. The van der Waals surface area contributed by atoms with Crippen molar-refractivity contribution in [3.05, 3.63) is 24.0 Å². The van der Waals surface area contributed by atoms with Gasteiger partial charge in [-0.2, -0.15) is 0 Å². The highest BCUT2D eigenvalue weighted by atomic mass is 16.4. The maximum Gasteiger partial charge on any atom is 0.321 e. The van der Waals surface area contributed by atoms with Gasteiger partial charge in [-0.05, 0) is 32.4 Å². The maximum atomic E-state index is 12.1. The number of anilines is 1. The fourth-order valence-corrected chi connectivity index (χ4v) is 2.12. The van der Waals surface area contributed by atoms with Gasteiger partial charge in [-0.25, -0.2) is 4.79 Å². The number of carboxylic acid groups (broad SMARTS) is 1. The smallest absolute Gasteiger partial charge is 0.321 e. The zero-order valence-electron chi connectivity index (χ0n) is 11.0. The Morgan fingerprint density at radius 1 is 1.53 bits per heavy atom. The van der Waals surface area contributed by atoms with Crippen LogP contribution in [-0.4, -0.2) is 40.1 Å². The summed E-state index contributed by atoms with van der Waals surface area (Å²) in [6, 6.07) is 3.24. The van der Waals surface area contributed by atoms with Crippen LogP contribution < -0.4 is 5.32 Å². The number of likely N-dealkylation sites (tertiary alicyclic amines) is 1. The lowest BCUT2D eigenvalue weighted by Crippen LogP contribution is -2.37. The molecule has 2 rings (SSSR count). The Hall–Kier alpha value is -2.11. The summed E-state index contributed by atoms with van der Waals surface area (Å²) in [4.78, 5) is 28.8. The van der Waals surface area contributed by atoms with Crippen molar-refractivity contribution in [2.24, 2.45) is 5.41 Å². The Balaban J connectivity index is 2.03. The first-order chi connectivity index (χ1) is 8.92. The summed E-state index contributed by atoms with van der Waals surface area (Å²) in [5, 5.41) is 11.9. The molecular formula is C13H17N3O3. The minimum Gasteiger partial charge on any atom is -0.481 e. The number of aryl methyl sites for hydroxylation is 1. The molecule has 1 aromatic rings. The van der Waals surface area contributed by atoms with Crippen LogP contribution >= 0.6 is 0 Å². The van der Waals surface area contributed by atoms with Crippen LogP contribution in [0.2, 0.25) is 0 Å². The number of carboxylic acids is 1. The van der Waals surface area contributed by atoms with E-state index in [2.05, 4.69) is 10.3 Å². The number of amides is 2. The summed E-state index contributed by atoms with van der Waals surface area (Å²) in [6.45, 7) is 4.15. The van der Waals surface area contributed by atoms with Gasteiger partial charge in [-0.3, -0.25) is 9.78 Å². The summed E-state index contributed by atoms with van der Waals surface area (Å²) in [6.07, 6.45) is 2.13. The van der Waals surface area contributed by atoms with E-state index in [4.69, 9.17) is 5.11 Å². The summed E-state index contributed by atoms with van der Waals surface area (Å²) >= 11 is 0. The third kappa shape index (κ3) is 2.67. The largest absolute Gasteiger partial charge is 0.481 e. The lowest BCUT2D eigenvalue weighted by atomic mass is 9.90. The van der Waals surface area contributed by atoms with Crippen LogP contribution in [-0.2, 0) is 4.79 Å². The van der Waals surface area contributed by atoms with E-state index in [9.17, 15) is 9.59 Å². The Morgan fingerprint density at radius 3 is 2.84 bits per heavy atom. The van der Waals surface area contributed by atoms with Crippen LogP contribution in [0.25, 0.3) is 0 Å². The van der Waals surface area contributed by atoms with Gasteiger partial charge in [0.2, 0.25) is 0 Å². The standard InChI is InChI=1S/C13H17N3O3/c1-9-10(4-3-6-14-9)15-12(19)16-7-5-13(2,8-16)11(17)18/h3-4,6H,5,7-8H2,1-2H3,(H,15,19)(H,17,18). The lowest BCUT2D eigenvalue weighted by molar-refractivity contribution is -0.146. The molecule has 1 fully saturated rings. The molecule has 19 heavy (non-hydrogen) atoms.